The molecule has 0 aromatic heterocycles. The lowest BCUT2D eigenvalue weighted by Gasteiger charge is -2.43. The summed E-state index contributed by atoms with van der Waals surface area (Å²) in [6.07, 6.45) is 4.82. The Kier molecular flexibility index (Phi) is 8.49. The summed E-state index contributed by atoms with van der Waals surface area (Å²) >= 11 is 1.90. The molecule has 1 atom stereocenters. The van der Waals surface area contributed by atoms with E-state index in [1.807, 2.05) is 11.8 Å². The third-order valence-corrected chi connectivity index (χ3v) is 6.83. The van der Waals surface area contributed by atoms with E-state index in [1.54, 1.807) is 0 Å². The van der Waals surface area contributed by atoms with E-state index in [-0.39, 0.29) is 5.54 Å². The number of likely N-dealkylation sites (tertiary alicyclic amines) is 1. The summed E-state index contributed by atoms with van der Waals surface area (Å²) in [5, 5.41) is 7.46. The molecule has 0 saturated carbocycles. The van der Waals surface area contributed by atoms with Crippen LogP contribution in [-0.2, 0) is 4.74 Å². The molecule has 5 nitrogen and oxygen atoms in total. The first-order valence-electron chi connectivity index (χ1n) is 10.8. The lowest BCUT2D eigenvalue weighted by Crippen LogP contribution is -2.54. The van der Waals surface area contributed by atoms with Crippen LogP contribution in [0.5, 0.6) is 0 Å². The molecule has 3 rings (SSSR count). The van der Waals surface area contributed by atoms with Crippen molar-refractivity contribution in [1.82, 2.24) is 15.5 Å². The second kappa shape index (κ2) is 11.1. The van der Waals surface area contributed by atoms with Gasteiger partial charge in [0.15, 0.2) is 5.96 Å². The third-order valence-electron chi connectivity index (χ3n) is 5.71. The van der Waals surface area contributed by atoms with Crippen LogP contribution < -0.4 is 10.6 Å². The summed E-state index contributed by atoms with van der Waals surface area (Å²) < 4.78 is 5.67. The normalized spacial score (nSPS) is 21.4. The topological polar surface area (TPSA) is 48.9 Å². The predicted molar refractivity (Wildman–Crippen MR) is 119 cm³/mol. The molecule has 2 fully saturated rings. The molecule has 1 aromatic rings. The monoisotopic (exact) mass is 404 g/mol. The Morgan fingerprint density at radius 3 is 2.57 bits per heavy atom. The maximum atomic E-state index is 5.67. The summed E-state index contributed by atoms with van der Waals surface area (Å²) in [4.78, 5) is 9.01. The molecule has 1 aromatic carbocycles. The minimum Gasteiger partial charge on any atom is -0.381 e. The van der Waals surface area contributed by atoms with Gasteiger partial charge in [0, 0.05) is 42.0 Å². The fourth-order valence-electron chi connectivity index (χ4n) is 4.10. The number of ether oxygens (including phenoxy) is 1. The van der Waals surface area contributed by atoms with E-state index in [0.29, 0.717) is 5.25 Å². The first kappa shape index (κ1) is 21.5. The number of rotatable bonds is 8. The van der Waals surface area contributed by atoms with E-state index in [4.69, 9.17) is 9.73 Å². The number of thioether (sulfide) groups is 1. The number of benzene rings is 1. The van der Waals surface area contributed by atoms with Crippen LogP contribution >= 0.6 is 11.8 Å². The van der Waals surface area contributed by atoms with Crippen LogP contribution in [0.1, 0.15) is 39.5 Å². The van der Waals surface area contributed by atoms with Gasteiger partial charge in [0.25, 0.3) is 0 Å². The standard InChI is InChI=1S/C22H36N4OS/c1-3-23-21(24-17-19(2)28-20-9-5-4-6-10-20)25-18-22(11-15-27-16-12-22)26-13-7-8-14-26/h4-6,9-10,19H,3,7-8,11-18H2,1-2H3,(H2,23,24,25). The summed E-state index contributed by atoms with van der Waals surface area (Å²) in [7, 11) is 0. The van der Waals surface area contributed by atoms with Crippen molar-refractivity contribution in [3.05, 3.63) is 30.3 Å². The van der Waals surface area contributed by atoms with Gasteiger partial charge in [0.1, 0.15) is 0 Å². The number of guanidine groups is 1. The van der Waals surface area contributed by atoms with E-state index in [1.165, 1.54) is 30.8 Å². The van der Waals surface area contributed by atoms with Crippen LogP contribution in [-0.4, -0.2) is 67.6 Å². The summed E-state index contributed by atoms with van der Waals surface area (Å²) in [5.41, 5.74) is 0.182. The van der Waals surface area contributed by atoms with Gasteiger partial charge < -0.3 is 15.4 Å². The van der Waals surface area contributed by atoms with Crippen molar-refractivity contribution < 1.29 is 4.74 Å². The quantitative estimate of drug-likeness (QED) is 0.395. The van der Waals surface area contributed by atoms with Crippen molar-refractivity contribution in [1.29, 1.82) is 0 Å². The van der Waals surface area contributed by atoms with Gasteiger partial charge >= 0.3 is 0 Å². The summed E-state index contributed by atoms with van der Waals surface area (Å²) in [6, 6.07) is 10.6. The summed E-state index contributed by atoms with van der Waals surface area (Å²) in [6.45, 7) is 11.2. The average molecular weight is 405 g/mol. The second-order valence-corrected chi connectivity index (χ2v) is 9.36. The van der Waals surface area contributed by atoms with Crippen LogP contribution in [0.2, 0.25) is 0 Å². The molecule has 0 bridgehead atoms. The van der Waals surface area contributed by atoms with Gasteiger partial charge in [-0.1, -0.05) is 25.1 Å². The van der Waals surface area contributed by atoms with Crippen LogP contribution in [0, 0.1) is 0 Å². The van der Waals surface area contributed by atoms with E-state index < -0.39 is 0 Å². The maximum absolute atomic E-state index is 5.67. The Hall–Kier alpha value is -1.24. The summed E-state index contributed by atoms with van der Waals surface area (Å²) in [5.74, 6) is 0.938. The molecule has 2 saturated heterocycles. The Bertz CT molecular complexity index is 598. The molecule has 2 aliphatic rings. The molecule has 0 radical (unpaired) electrons. The third kappa shape index (κ3) is 6.13. The Balaban J connectivity index is 1.57. The second-order valence-electron chi connectivity index (χ2n) is 7.85. The van der Waals surface area contributed by atoms with Crippen LogP contribution in [0.3, 0.4) is 0 Å². The predicted octanol–water partition coefficient (Wildman–Crippen LogP) is 3.37. The van der Waals surface area contributed by atoms with E-state index in [2.05, 4.69) is 59.7 Å². The number of aliphatic imine (C=N–C) groups is 1. The first-order valence-corrected chi connectivity index (χ1v) is 11.7. The minimum atomic E-state index is 0.182. The molecule has 2 N–H and O–H groups in total. The van der Waals surface area contributed by atoms with E-state index in [9.17, 15) is 0 Å². The molecule has 2 heterocycles. The van der Waals surface area contributed by atoms with E-state index in [0.717, 1.165) is 51.6 Å². The van der Waals surface area contributed by atoms with Crippen molar-refractivity contribution in [3.63, 3.8) is 0 Å². The molecular weight excluding hydrogens is 368 g/mol. The average Bonchev–Trinajstić information content (AvgIpc) is 3.27. The highest BCUT2D eigenvalue weighted by Gasteiger charge is 2.39. The van der Waals surface area contributed by atoms with Crippen LogP contribution in [0.25, 0.3) is 0 Å². The molecule has 0 aliphatic carbocycles. The van der Waals surface area contributed by atoms with Crippen LogP contribution in [0.15, 0.2) is 40.2 Å². The zero-order chi connectivity index (χ0) is 19.7. The SMILES string of the molecule is CCNC(=NCC1(N2CCCC2)CCOCC1)NCC(C)Sc1ccccc1. The molecule has 0 amide bonds. The van der Waals surface area contributed by atoms with Gasteiger partial charge in [0.05, 0.1) is 6.54 Å². The number of hydrogen-bond acceptors (Lipinski definition) is 4. The van der Waals surface area contributed by atoms with Gasteiger partial charge in [0.2, 0.25) is 0 Å². The lowest BCUT2D eigenvalue weighted by atomic mass is 9.88. The van der Waals surface area contributed by atoms with Gasteiger partial charge in [-0.15, -0.1) is 11.8 Å². The smallest absolute Gasteiger partial charge is 0.191 e. The van der Waals surface area contributed by atoms with Crippen molar-refractivity contribution in [3.8, 4) is 0 Å². The highest BCUT2D eigenvalue weighted by molar-refractivity contribution is 8.00. The molecular formula is C22H36N4OS. The fraction of sp³-hybridized carbons (Fsp3) is 0.682. The van der Waals surface area contributed by atoms with Gasteiger partial charge in [-0.2, -0.15) is 0 Å². The molecule has 0 spiro atoms. The largest absolute Gasteiger partial charge is 0.381 e. The first-order chi connectivity index (χ1) is 13.7. The minimum absolute atomic E-state index is 0.182. The van der Waals surface area contributed by atoms with Crippen molar-refractivity contribution >= 4 is 17.7 Å². The highest BCUT2D eigenvalue weighted by atomic mass is 32.2. The molecule has 2 aliphatic heterocycles. The van der Waals surface area contributed by atoms with Gasteiger partial charge in [-0.3, -0.25) is 9.89 Å². The van der Waals surface area contributed by atoms with Crippen molar-refractivity contribution in [2.24, 2.45) is 4.99 Å². The Morgan fingerprint density at radius 1 is 1.18 bits per heavy atom. The molecule has 28 heavy (non-hydrogen) atoms. The zero-order valence-electron chi connectivity index (χ0n) is 17.5. The van der Waals surface area contributed by atoms with Gasteiger partial charge in [-0.25, -0.2) is 0 Å². The Morgan fingerprint density at radius 2 is 1.89 bits per heavy atom. The molecule has 156 valence electrons. The van der Waals surface area contributed by atoms with Crippen molar-refractivity contribution in [2.45, 2.75) is 55.2 Å². The molecule has 1 unspecified atom stereocenters. The lowest BCUT2D eigenvalue weighted by molar-refractivity contribution is -0.0139. The highest BCUT2D eigenvalue weighted by Crippen LogP contribution is 2.31. The number of nitrogens with zero attached hydrogens (tertiary/aromatic N) is 2. The molecule has 6 heteroatoms. The number of nitrogens with one attached hydrogen (secondary N) is 2. The van der Waals surface area contributed by atoms with Crippen LogP contribution in [0.4, 0.5) is 0 Å². The van der Waals surface area contributed by atoms with Crippen molar-refractivity contribution in [2.75, 3.05) is 45.9 Å². The fourth-order valence-corrected chi connectivity index (χ4v) is 5.04. The van der Waals surface area contributed by atoms with Gasteiger partial charge in [-0.05, 0) is 57.8 Å². The zero-order valence-corrected chi connectivity index (χ0v) is 18.3. The number of hydrogen-bond donors (Lipinski definition) is 2. The Labute approximate surface area is 174 Å². The maximum Gasteiger partial charge on any atom is 0.191 e. The van der Waals surface area contributed by atoms with E-state index >= 15 is 0 Å².